The summed E-state index contributed by atoms with van der Waals surface area (Å²) < 4.78 is 39.0. The molecule has 142 valence electrons. The van der Waals surface area contributed by atoms with Crippen molar-refractivity contribution < 1.29 is 13.2 Å². The molecule has 0 aliphatic carbocycles. The Hall–Kier alpha value is -2.28. The minimum Gasteiger partial charge on any atom is -0.359 e. The molecule has 0 fully saturated rings. The van der Waals surface area contributed by atoms with Gasteiger partial charge in [0.25, 0.3) is 0 Å². The molecule has 28 heavy (non-hydrogen) atoms. The van der Waals surface area contributed by atoms with E-state index in [0.29, 0.717) is 5.01 Å². The third-order valence-corrected chi connectivity index (χ3v) is 5.69. The molecule has 1 heterocycles. The van der Waals surface area contributed by atoms with Crippen LogP contribution in [0.4, 0.5) is 18.9 Å². The first-order valence-corrected chi connectivity index (χ1v) is 10.3. The summed E-state index contributed by atoms with van der Waals surface area (Å²) >= 11 is 4.46. The summed E-state index contributed by atoms with van der Waals surface area (Å²) in [6.45, 7) is 0. The summed E-state index contributed by atoms with van der Waals surface area (Å²) in [4.78, 5) is 4.49. The van der Waals surface area contributed by atoms with Gasteiger partial charge in [-0.3, -0.25) is 0 Å². The van der Waals surface area contributed by atoms with Gasteiger partial charge in [0.05, 0.1) is 11.4 Å². The van der Waals surface area contributed by atoms with E-state index in [2.05, 4.69) is 26.2 Å². The molecule has 0 bridgehead atoms. The molecule has 0 spiro atoms. The first-order chi connectivity index (χ1) is 13.4. The van der Waals surface area contributed by atoms with Crippen LogP contribution in [0.5, 0.6) is 0 Å². The number of halogens is 4. The number of allylic oxidation sites excluding steroid dienone is 1. The molecule has 0 saturated carbocycles. The van der Waals surface area contributed by atoms with Crippen LogP contribution in [0.25, 0.3) is 16.8 Å². The molecule has 0 aliphatic heterocycles. The molecule has 0 aliphatic rings. The Morgan fingerprint density at radius 1 is 1.18 bits per heavy atom. The normalized spacial score (nSPS) is 11.9. The second kappa shape index (κ2) is 8.82. The van der Waals surface area contributed by atoms with Crippen LogP contribution in [-0.4, -0.2) is 10.5 Å². The summed E-state index contributed by atoms with van der Waals surface area (Å²) in [5.41, 5.74) is -2.26. The van der Waals surface area contributed by atoms with Gasteiger partial charge in [-0.15, -0.1) is 11.3 Å². The zero-order valence-corrected chi connectivity index (χ0v) is 17.2. The molecular weight excluding hydrogens is 471 g/mol. The molecule has 3 nitrogen and oxygen atoms in total. The van der Waals surface area contributed by atoms with Crippen molar-refractivity contribution >= 4 is 50.3 Å². The average molecular weight is 482 g/mol. The van der Waals surface area contributed by atoms with Crippen molar-refractivity contribution in [2.75, 3.05) is 5.32 Å². The fourth-order valence-corrected chi connectivity index (χ4v) is 3.93. The zero-order chi connectivity index (χ0) is 20.1. The number of hydrogen-bond donors (Lipinski definition) is 1. The van der Waals surface area contributed by atoms with E-state index in [9.17, 15) is 18.4 Å². The van der Waals surface area contributed by atoms with E-state index in [1.807, 2.05) is 35.7 Å². The van der Waals surface area contributed by atoms with Crippen molar-refractivity contribution in [2.45, 2.75) is 10.4 Å². The van der Waals surface area contributed by atoms with Crippen LogP contribution in [0.2, 0.25) is 0 Å². The van der Waals surface area contributed by atoms with Gasteiger partial charge in [-0.05, 0) is 36.0 Å². The van der Waals surface area contributed by atoms with Gasteiger partial charge in [0.1, 0.15) is 16.6 Å². The van der Waals surface area contributed by atoms with Gasteiger partial charge in [0.2, 0.25) is 0 Å². The maximum Gasteiger partial charge on any atom is 0.446 e. The number of hydrogen-bond acceptors (Lipinski definition) is 5. The lowest BCUT2D eigenvalue weighted by molar-refractivity contribution is -0.0327. The molecule has 3 rings (SSSR count). The van der Waals surface area contributed by atoms with Crippen LogP contribution in [0.3, 0.4) is 0 Å². The molecule has 0 amide bonds. The molecule has 0 unspecified atom stereocenters. The van der Waals surface area contributed by atoms with E-state index in [1.165, 1.54) is 35.7 Å². The lowest BCUT2D eigenvalue weighted by Crippen LogP contribution is -2.01. The maximum atomic E-state index is 12.7. The van der Waals surface area contributed by atoms with Gasteiger partial charge >= 0.3 is 5.51 Å². The number of aromatic nitrogens is 1. The fourth-order valence-electron chi connectivity index (χ4n) is 2.24. The van der Waals surface area contributed by atoms with Crippen LogP contribution in [0.1, 0.15) is 5.01 Å². The summed E-state index contributed by atoms with van der Waals surface area (Å²) in [5.74, 6) is 0. The number of benzene rings is 2. The smallest absolute Gasteiger partial charge is 0.359 e. The fraction of sp³-hybridized carbons (Fsp3) is 0.0526. The maximum absolute atomic E-state index is 12.7. The number of thiazole rings is 1. The van der Waals surface area contributed by atoms with Gasteiger partial charge in [0, 0.05) is 26.5 Å². The van der Waals surface area contributed by atoms with E-state index in [4.69, 9.17) is 0 Å². The standard InChI is InChI=1S/C19H11BrF3N3S2/c20-14-7-5-12(6-8-14)16-11-27-18(26-16)13(9-24)10-25-15-3-1-2-4-17(15)28-19(21,22)23/h1-8,10-11,25H. The number of para-hydroxylation sites is 1. The zero-order valence-electron chi connectivity index (χ0n) is 14.0. The molecule has 0 radical (unpaired) electrons. The first kappa shape index (κ1) is 20.5. The average Bonchev–Trinajstić information content (AvgIpc) is 3.13. The summed E-state index contributed by atoms with van der Waals surface area (Å²) in [5, 5.41) is 14.6. The molecule has 9 heteroatoms. The number of nitriles is 1. The quantitative estimate of drug-likeness (QED) is 0.310. The molecule has 0 atom stereocenters. The van der Waals surface area contributed by atoms with Gasteiger partial charge in [-0.25, -0.2) is 4.98 Å². The third-order valence-electron chi connectivity index (χ3n) is 3.48. The van der Waals surface area contributed by atoms with Crippen molar-refractivity contribution in [1.29, 1.82) is 5.26 Å². The van der Waals surface area contributed by atoms with E-state index < -0.39 is 5.51 Å². The van der Waals surface area contributed by atoms with Gasteiger partial charge in [-0.2, -0.15) is 18.4 Å². The lowest BCUT2D eigenvalue weighted by Gasteiger charge is -2.10. The third kappa shape index (κ3) is 5.38. The van der Waals surface area contributed by atoms with E-state index >= 15 is 0 Å². The van der Waals surface area contributed by atoms with Crippen molar-refractivity contribution in [2.24, 2.45) is 0 Å². The minimum absolute atomic E-state index is 0.0261. The Balaban J connectivity index is 1.83. The van der Waals surface area contributed by atoms with Crippen LogP contribution in [-0.2, 0) is 0 Å². The van der Waals surface area contributed by atoms with Gasteiger partial charge in [0.15, 0.2) is 0 Å². The van der Waals surface area contributed by atoms with Gasteiger partial charge in [-0.1, -0.05) is 40.2 Å². The van der Waals surface area contributed by atoms with E-state index in [-0.39, 0.29) is 27.9 Å². The Morgan fingerprint density at radius 3 is 2.57 bits per heavy atom. The van der Waals surface area contributed by atoms with Crippen LogP contribution >= 0.6 is 39.0 Å². The van der Waals surface area contributed by atoms with Crippen molar-refractivity contribution in [3.63, 3.8) is 0 Å². The highest BCUT2D eigenvalue weighted by Gasteiger charge is 2.30. The van der Waals surface area contributed by atoms with Crippen LogP contribution in [0, 0.1) is 11.3 Å². The van der Waals surface area contributed by atoms with Crippen LogP contribution < -0.4 is 5.32 Å². The van der Waals surface area contributed by atoms with Crippen molar-refractivity contribution in [1.82, 2.24) is 4.98 Å². The number of thioether (sulfide) groups is 1. The molecule has 1 N–H and O–H groups in total. The first-order valence-electron chi connectivity index (χ1n) is 7.79. The summed E-state index contributed by atoms with van der Waals surface area (Å²) in [6.07, 6.45) is 1.37. The molecule has 1 aromatic heterocycles. The second-order valence-corrected chi connectivity index (χ2v) is 8.28. The SMILES string of the molecule is N#CC(=CNc1ccccc1SC(F)(F)F)c1nc(-c2ccc(Br)cc2)cs1. The summed E-state index contributed by atoms with van der Waals surface area (Å²) in [6, 6.07) is 15.7. The summed E-state index contributed by atoms with van der Waals surface area (Å²) in [7, 11) is 0. The number of anilines is 1. The largest absolute Gasteiger partial charge is 0.446 e. The minimum atomic E-state index is -4.39. The Labute approximate surface area is 176 Å². The molecule has 2 aromatic carbocycles. The van der Waals surface area contributed by atoms with Gasteiger partial charge < -0.3 is 5.32 Å². The second-order valence-electron chi connectivity index (χ2n) is 5.40. The molecular formula is C19H11BrF3N3S2. The van der Waals surface area contributed by atoms with Crippen LogP contribution in [0.15, 0.2) is 69.5 Å². The molecule has 3 aromatic rings. The highest BCUT2D eigenvalue weighted by atomic mass is 79.9. The number of alkyl halides is 3. The Bertz CT molecular complexity index is 1040. The number of nitrogens with zero attached hydrogens (tertiary/aromatic N) is 2. The predicted molar refractivity (Wildman–Crippen MR) is 111 cm³/mol. The predicted octanol–water partition coefficient (Wildman–Crippen LogP) is 7.16. The number of rotatable bonds is 5. The topological polar surface area (TPSA) is 48.7 Å². The Morgan fingerprint density at radius 2 is 1.89 bits per heavy atom. The van der Waals surface area contributed by atoms with Crippen molar-refractivity contribution in [3.05, 3.63) is 69.6 Å². The van der Waals surface area contributed by atoms with E-state index in [0.717, 1.165) is 15.7 Å². The highest BCUT2D eigenvalue weighted by Crippen LogP contribution is 2.40. The monoisotopic (exact) mass is 481 g/mol. The van der Waals surface area contributed by atoms with E-state index in [1.54, 1.807) is 6.07 Å². The Kier molecular flexibility index (Phi) is 6.44. The molecule has 0 saturated heterocycles. The van der Waals surface area contributed by atoms with Crippen molar-refractivity contribution in [3.8, 4) is 17.3 Å². The highest BCUT2D eigenvalue weighted by molar-refractivity contribution is 9.10. The lowest BCUT2D eigenvalue weighted by atomic mass is 10.2. The number of nitrogens with one attached hydrogen (secondary N) is 1.